The summed E-state index contributed by atoms with van der Waals surface area (Å²) in [6.07, 6.45) is 6.54. The largest absolute Gasteiger partial charge is 0.444 e. The number of carbonyl (C=O) groups excluding carboxylic acids is 2. The molecular weight excluding hydrogens is 420 g/mol. The number of carbonyl (C=O) groups is 2. The standard InChI is InChI=1S/C24H40N6O3/c1-5-25-20-15-21(27-17-26-20)30-12-6-7-18(16-30)8-9-22(31)28-19-10-13-29(14-11-19)23(32)33-24(2,3)4/h15,17-19H,5-14,16H2,1-4H3,(H,28,31)(H,25,26,27). The molecule has 1 aromatic rings. The summed E-state index contributed by atoms with van der Waals surface area (Å²) in [5.74, 6) is 2.39. The molecule has 0 radical (unpaired) electrons. The quantitative estimate of drug-likeness (QED) is 0.643. The number of likely N-dealkylation sites (tertiary alicyclic amines) is 1. The molecule has 9 nitrogen and oxygen atoms in total. The Morgan fingerprint density at radius 3 is 2.61 bits per heavy atom. The van der Waals surface area contributed by atoms with Crippen LogP contribution in [0.15, 0.2) is 12.4 Å². The zero-order valence-electron chi connectivity index (χ0n) is 20.6. The molecule has 0 aliphatic carbocycles. The van der Waals surface area contributed by atoms with E-state index in [2.05, 4.69) is 25.5 Å². The van der Waals surface area contributed by atoms with Crippen LogP contribution in [0.3, 0.4) is 0 Å². The fourth-order valence-electron chi connectivity index (χ4n) is 4.47. The Balaban J connectivity index is 1.38. The fraction of sp³-hybridized carbons (Fsp3) is 0.750. The van der Waals surface area contributed by atoms with Crippen LogP contribution in [0.5, 0.6) is 0 Å². The van der Waals surface area contributed by atoms with E-state index in [1.165, 1.54) is 0 Å². The first kappa shape index (κ1) is 25.1. The number of amides is 2. The predicted molar refractivity (Wildman–Crippen MR) is 129 cm³/mol. The van der Waals surface area contributed by atoms with Crippen molar-refractivity contribution >= 4 is 23.6 Å². The second-order valence-electron chi connectivity index (χ2n) is 10.1. The zero-order chi connectivity index (χ0) is 23.8. The highest BCUT2D eigenvalue weighted by Crippen LogP contribution is 2.25. The minimum Gasteiger partial charge on any atom is -0.444 e. The van der Waals surface area contributed by atoms with Gasteiger partial charge in [-0.05, 0) is 65.7 Å². The normalized spacial score (nSPS) is 19.8. The van der Waals surface area contributed by atoms with Crippen LogP contribution in [-0.4, -0.2) is 71.2 Å². The van der Waals surface area contributed by atoms with Crippen LogP contribution in [0.2, 0.25) is 0 Å². The smallest absolute Gasteiger partial charge is 0.410 e. The summed E-state index contributed by atoms with van der Waals surface area (Å²) in [4.78, 5) is 37.5. The van der Waals surface area contributed by atoms with E-state index in [0.29, 0.717) is 25.4 Å². The maximum absolute atomic E-state index is 12.6. The van der Waals surface area contributed by atoms with Gasteiger partial charge in [0.05, 0.1) is 0 Å². The van der Waals surface area contributed by atoms with Gasteiger partial charge in [0.25, 0.3) is 0 Å². The first-order valence-corrected chi connectivity index (χ1v) is 12.3. The first-order chi connectivity index (χ1) is 15.7. The minimum atomic E-state index is -0.487. The highest BCUT2D eigenvalue weighted by molar-refractivity contribution is 5.76. The van der Waals surface area contributed by atoms with Crippen LogP contribution >= 0.6 is 0 Å². The molecule has 184 valence electrons. The number of ether oxygens (including phenoxy) is 1. The van der Waals surface area contributed by atoms with Gasteiger partial charge >= 0.3 is 6.09 Å². The Hall–Kier alpha value is -2.58. The number of nitrogens with one attached hydrogen (secondary N) is 2. The molecule has 2 aliphatic rings. The maximum atomic E-state index is 12.6. The number of rotatable bonds is 7. The van der Waals surface area contributed by atoms with Gasteiger partial charge in [-0.25, -0.2) is 14.8 Å². The topological polar surface area (TPSA) is 99.7 Å². The summed E-state index contributed by atoms with van der Waals surface area (Å²) >= 11 is 0. The van der Waals surface area contributed by atoms with Gasteiger partial charge in [0.2, 0.25) is 5.91 Å². The molecule has 2 amide bonds. The van der Waals surface area contributed by atoms with Crippen molar-refractivity contribution < 1.29 is 14.3 Å². The summed E-state index contributed by atoms with van der Waals surface area (Å²) < 4.78 is 5.44. The van der Waals surface area contributed by atoms with Gasteiger partial charge in [-0.15, -0.1) is 0 Å². The number of hydrogen-bond donors (Lipinski definition) is 2. The molecule has 0 saturated carbocycles. The third-order valence-corrected chi connectivity index (χ3v) is 6.14. The summed E-state index contributed by atoms with van der Waals surface area (Å²) in [7, 11) is 0. The van der Waals surface area contributed by atoms with E-state index in [-0.39, 0.29) is 18.0 Å². The van der Waals surface area contributed by atoms with Crippen molar-refractivity contribution in [2.24, 2.45) is 5.92 Å². The molecule has 3 heterocycles. The average Bonchev–Trinajstić information content (AvgIpc) is 2.78. The van der Waals surface area contributed by atoms with Gasteiger partial charge in [-0.3, -0.25) is 4.79 Å². The molecule has 2 N–H and O–H groups in total. The van der Waals surface area contributed by atoms with Gasteiger partial charge in [-0.2, -0.15) is 0 Å². The van der Waals surface area contributed by atoms with E-state index < -0.39 is 5.60 Å². The van der Waals surface area contributed by atoms with E-state index in [0.717, 1.165) is 63.4 Å². The average molecular weight is 461 g/mol. The van der Waals surface area contributed by atoms with Crippen molar-refractivity contribution in [2.75, 3.05) is 42.9 Å². The molecule has 2 fully saturated rings. The SMILES string of the molecule is CCNc1cc(N2CCCC(CCC(=O)NC3CCN(C(=O)OC(C)(C)C)CC3)C2)ncn1. The molecule has 2 aliphatic heterocycles. The zero-order valence-corrected chi connectivity index (χ0v) is 20.6. The lowest BCUT2D eigenvalue weighted by molar-refractivity contribution is -0.122. The van der Waals surface area contributed by atoms with Gasteiger partial charge in [-0.1, -0.05) is 0 Å². The monoisotopic (exact) mass is 460 g/mol. The molecule has 0 aromatic carbocycles. The Bertz CT molecular complexity index is 789. The fourth-order valence-corrected chi connectivity index (χ4v) is 4.47. The third kappa shape index (κ3) is 8.05. The number of piperidine rings is 2. The highest BCUT2D eigenvalue weighted by Gasteiger charge is 2.28. The summed E-state index contributed by atoms with van der Waals surface area (Å²) in [6, 6.07) is 2.13. The summed E-state index contributed by atoms with van der Waals surface area (Å²) in [5.41, 5.74) is -0.487. The molecule has 0 bridgehead atoms. The summed E-state index contributed by atoms with van der Waals surface area (Å²) in [5, 5.41) is 6.41. The van der Waals surface area contributed by atoms with Gasteiger partial charge in [0, 0.05) is 51.3 Å². The van der Waals surface area contributed by atoms with Crippen LogP contribution in [0, 0.1) is 5.92 Å². The third-order valence-electron chi connectivity index (χ3n) is 6.14. The van der Waals surface area contributed by atoms with Crippen LogP contribution in [0.25, 0.3) is 0 Å². The lowest BCUT2D eigenvalue weighted by Crippen LogP contribution is -2.47. The van der Waals surface area contributed by atoms with E-state index in [1.807, 2.05) is 33.8 Å². The van der Waals surface area contributed by atoms with Gasteiger partial charge in [0.15, 0.2) is 0 Å². The lowest BCUT2D eigenvalue weighted by atomic mass is 9.93. The number of hydrogen-bond acceptors (Lipinski definition) is 7. The van der Waals surface area contributed by atoms with Crippen LogP contribution in [0.4, 0.5) is 16.4 Å². The van der Waals surface area contributed by atoms with E-state index >= 15 is 0 Å². The van der Waals surface area contributed by atoms with Crippen LogP contribution in [-0.2, 0) is 9.53 Å². The van der Waals surface area contributed by atoms with Crippen molar-refractivity contribution in [3.05, 3.63) is 12.4 Å². The van der Waals surface area contributed by atoms with Crippen molar-refractivity contribution in [1.82, 2.24) is 20.2 Å². The van der Waals surface area contributed by atoms with Crippen molar-refractivity contribution in [2.45, 2.75) is 77.9 Å². The van der Waals surface area contributed by atoms with Crippen molar-refractivity contribution in [1.29, 1.82) is 0 Å². The number of anilines is 2. The van der Waals surface area contributed by atoms with Crippen LogP contribution < -0.4 is 15.5 Å². The summed E-state index contributed by atoms with van der Waals surface area (Å²) in [6.45, 7) is 11.6. The molecule has 1 unspecified atom stereocenters. The molecule has 0 spiro atoms. The predicted octanol–water partition coefficient (Wildman–Crippen LogP) is 3.42. The molecule has 3 rings (SSSR count). The number of aromatic nitrogens is 2. The highest BCUT2D eigenvalue weighted by atomic mass is 16.6. The molecule has 1 atom stereocenters. The Kier molecular flexibility index (Phi) is 8.74. The first-order valence-electron chi connectivity index (χ1n) is 12.3. The molecule has 33 heavy (non-hydrogen) atoms. The molecule has 2 saturated heterocycles. The Labute approximate surface area is 197 Å². The molecule has 1 aromatic heterocycles. The number of nitrogens with zero attached hydrogens (tertiary/aromatic N) is 4. The van der Waals surface area contributed by atoms with E-state index in [1.54, 1.807) is 11.2 Å². The molecular formula is C24H40N6O3. The van der Waals surface area contributed by atoms with E-state index in [4.69, 9.17) is 4.74 Å². The lowest BCUT2D eigenvalue weighted by Gasteiger charge is -2.34. The second kappa shape index (κ2) is 11.5. The Morgan fingerprint density at radius 1 is 1.15 bits per heavy atom. The van der Waals surface area contributed by atoms with Gasteiger partial charge < -0.3 is 25.2 Å². The van der Waals surface area contributed by atoms with Crippen molar-refractivity contribution in [3.8, 4) is 0 Å². The minimum absolute atomic E-state index is 0.110. The van der Waals surface area contributed by atoms with E-state index in [9.17, 15) is 9.59 Å². The maximum Gasteiger partial charge on any atom is 0.410 e. The Morgan fingerprint density at radius 2 is 1.91 bits per heavy atom. The van der Waals surface area contributed by atoms with Crippen molar-refractivity contribution in [3.63, 3.8) is 0 Å². The van der Waals surface area contributed by atoms with Gasteiger partial charge in [0.1, 0.15) is 23.6 Å². The molecule has 9 heteroatoms. The van der Waals surface area contributed by atoms with Crippen LogP contribution in [0.1, 0.15) is 66.2 Å². The second-order valence-corrected chi connectivity index (χ2v) is 10.1.